The van der Waals surface area contributed by atoms with Gasteiger partial charge in [0.15, 0.2) is 0 Å². The van der Waals surface area contributed by atoms with Gasteiger partial charge in [0.05, 0.1) is 23.4 Å². The Balaban J connectivity index is 1.43. The van der Waals surface area contributed by atoms with Crippen LogP contribution in [0.5, 0.6) is 0 Å². The second-order valence-corrected chi connectivity index (χ2v) is 12.3. The summed E-state index contributed by atoms with van der Waals surface area (Å²) in [4.78, 5) is 22.9. The van der Waals surface area contributed by atoms with E-state index in [0.29, 0.717) is 32.9 Å². The van der Waals surface area contributed by atoms with E-state index in [9.17, 15) is 22.4 Å². The molecule has 0 spiro atoms. The maximum atomic E-state index is 15.4. The average Bonchev–Trinajstić information content (AvgIpc) is 3.67. The van der Waals surface area contributed by atoms with Gasteiger partial charge in [0, 0.05) is 40.6 Å². The first-order chi connectivity index (χ1) is 22.2. The van der Waals surface area contributed by atoms with E-state index in [-0.39, 0.29) is 29.2 Å². The Bertz CT molecular complexity index is 1930. The first-order valence-corrected chi connectivity index (χ1v) is 15.1. The first kappa shape index (κ1) is 32.2. The lowest BCUT2D eigenvalue weighted by molar-refractivity contribution is -0.123. The van der Waals surface area contributed by atoms with Crippen molar-refractivity contribution in [2.75, 3.05) is 0 Å². The molecule has 1 amide bonds. The highest BCUT2D eigenvalue weighted by Crippen LogP contribution is 2.54. The fourth-order valence-electron chi connectivity index (χ4n) is 6.20. The Morgan fingerprint density at radius 3 is 2.40 bits per heavy atom. The van der Waals surface area contributed by atoms with Crippen LogP contribution < -0.4 is 5.32 Å². The van der Waals surface area contributed by atoms with Gasteiger partial charge in [0.1, 0.15) is 35.1 Å². The third-order valence-corrected chi connectivity index (χ3v) is 8.78. The number of hydrogen-bond acceptors (Lipinski definition) is 5. The molecule has 4 heterocycles. The van der Waals surface area contributed by atoms with Gasteiger partial charge in [-0.25, -0.2) is 22.5 Å². The summed E-state index contributed by atoms with van der Waals surface area (Å²) in [5, 5.41) is 13.4. The molecule has 3 atom stereocenters. The van der Waals surface area contributed by atoms with Crippen LogP contribution in [0.3, 0.4) is 0 Å². The monoisotopic (exact) mass is 655 g/mol. The van der Waals surface area contributed by atoms with Crippen LogP contribution >= 0.6 is 0 Å². The molecule has 1 aliphatic rings. The van der Waals surface area contributed by atoms with Gasteiger partial charge in [-0.15, -0.1) is 0 Å². The van der Waals surface area contributed by atoms with E-state index in [4.69, 9.17) is 4.98 Å². The number of H-pyrrole nitrogens is 1. The zero-order valence-corrected chi connectivity index (χ0v) is 25.8. The summed E-state index contributed by atoms with van der Waals surface area (Å²) in [5.74, 6) is -8.09. The Hall–Kier alpha value is -4.75. The van der Waals surface area contributed by atoms with Crippen molar-refractivity contribution in [1.29, 1.82) is 0 Å². The normalized spacial score (nSPS) is 17.9. The SMILES string of the molecule is CC(C)c1ccc(-c2cc3[nH]ncc3nc2[C@H](Cc2cc(F)cc(F)c2)NC(=O)Cn2nc(C(F)F)c3c2C(F)(F)[C@H](C)[C@H]3C)cn1. The number of aromatic nitrogens is 6. The number of pyridine rings is 2. The highest BCUT2D eigenvalue weighted by Gasteiger charge is 2.55. The Labute approximate surface area is 265 Å². The minimum absolute atomic E-state index is 0.152. The molecule has 0 aliphatic heterocycles. The second kappa shape index (κ2) is 12.1. The third-order valence-electron chi connectivity index (χ3n) is 8.78. The summed E-state index contributed by atoms with van der Waals surface area (Å²) in [6.45, 7) is 5.86. The standard InChI is InChI=1S/C33H31F6N7O/c1-15(2)23-6-5-19(12-40-23)22-11-24-26(13-41-44-24)43-29(22)25(9-18-7-20(34)10-21(35)8-18)42-27(47)14-46-31-28(30(45-46)32(36)37)16(3)17(4)33(31,38)39/h5-8,10-13,15-17,25,32H,9,14H2,1-4H3,(H,41,44)(H,42,47)/t16-,17-,25+/m1/s1. The number of carbonyl (C=O) groups excluding carboxylic acids is 1. The van der Waals surface area contributed by atoms with Crippen LogP contribution in [0.15, 0.2) is 48.8 Å². The number of amides is 1. The van der Waals surface area contributed by atoms with Crippen molar-refractivity contribution >= 4 is 16.9 Å². The van der Waals surface area contributed by atoms with Crippen molar-refractivity contribution < 1.29 is 31.1 Å². The van der Waals surface area contributed by atoms with Crippen LogP contribution in [0.2, 0.25) is 0 Å². The van der Waals surface area contributed by atoms with Crippen LogP contribution in [0, 0.1) is 17.6 Å². The van der Waals surface area contributed by atoms with Gasteiger partial charge in [-0.05, 0) is 48.1 Å². The highest BCUT2D eigenvalue weighted by atomic mass is 19.3. The second-order valence-electron chi connectivity index (χ2n) is 12.3. The summed E-state index contributed by atoms with van der Waals surface area (Å²) < 4.78 is 87.8. The molecule has 6 rings (SSSR count). The fraction of sp³-hybridized carbons (Fsp3) is 0.364. The van der Waals surface area contributed by atoms with Crippen LogP contribution in [-0.2, 0) is 23.7 Å². The van der Waals surface area contributed by atoms with Crippen molar-refractivity contribution in [3.8, 4) is 11.1 Å². The summed E-state index contributed by atoms with van der Waals surface area (Å²) in [5.41, 5.74) is 1.64. The van der Waals surface area contributed by atoms with Crippen LogP contribution in [0.25, 0.3) is 22.2 Å². The summed E-state index contributed by atoms with van der Waals surface area (Å²) >= 11 is 0. The molecule has 0 radical (unpaired) electrons. The predicted octanol–water partition coefficient (Wildman–Crippen LogP) is 7.50. The molecule has 47 heavy (non-hydrogen) atoms. The lowest BCUT2D eigenvalue weighted by atomic mass is 9.94. The Morgan fingerprint density at radius 1 is 1.04 bits per heavy atom. The lowest BCUT2D eigenvalue weighted by Gasteiger charge is -2.23. The molecule has 14 heteroatoms. The minimum atomic E-state index is -3.51. The van der Waals surface area contributed by atoms with Crippen molar-refractivity contribution in [3.05, 3.63) is 94.3 Å². The van der Waals surface area contributed by atoms with Gasteiger partial charge < -0.3 is 5.32 Å². The molecular weight excluding hydrogens is 624 g/mol. The van der Waals surface area contributed by atoms with Crippen molar-refractivity contribution in [2.45, 2.75) is 70.9 Å². The van der Waals surface area contributed by atoms with Crippen LogP contribution in [0.4, 0.5) is 26.3 Å². The van der Waals surface area contributed by atoms with Gasteiger partial charge >= 0.3 is 0 Å². The van der Waals surface area contributed by atoms with Gasteiger partial charge in [-0.2, -0.15) is 19.0 Å². The summed E-state index contributed by atoms with van der Waals surface area (Å²) in [6.07, 6.45) is -0.184. The molecule has 246 valence electrons. The molecule has 2 N–H and O–H groups in total. The molecule has 1 aromatic carbocycles. The van der Waals surface area contributed by atoms with Gasteiger partial charge in [0.25, 0.3) is 12.3 Å². The third kappa shape index (κ3) is 5.96. The van der Waals surface area contributed by atoms with Crippen LogP contribution in [-0.4, -0.2) is 35.9 Å². The summed E-state index contributed by atoms with van der Waals surface area (Å²) in [7, 11) is 0. The molecule has 1 aliphatic carbocycles. The van der Waals surface area contributed by atoms with Crippen molar-refractivity contribution in [1.82, 2.24) is 35.3 Å². The maximum Gasteiger partial charge on any atom is 0.292 e. The largest absolute Gasteiger partial charge is 0.346 e. The topological polar surface area (TPSA) is 101 Å². The van der Waals surface area contributed by atoms with Crippen molar-refractivity contribution in [2.24, 2.45) is 5.92 Å². The smallest absolute Gasteiger partial charge is 0.292 e. The average molecular weight is 656 g/mol. The zero-order valence-electron chi connectivity index (χ0n) is 25.8. The predicted molar refractivity (Wildman–Crippen MR) is 161 cm³/mol. The quantitative estimate of drug-likeness (QED) is 0.160. The fourth-order valence-corrected chi connectivity index (χ4v) is 6.20. The van der Waals surface area contributed by atoms with E-state index in [2.05, 4.69) is 25.6 Å². The number of fused-ring (bicyclic) bond motifs is 2. The van der Waals surface area contributed by atoms with Gasteiger partial charge in [-0.1, -0.05) is 33.8 Å². The highest BCUT2D eigenvalue weighted by molar-refractivity contribution is 5.83. The molecule has 4 aromatic heterocycles. The van der Waals surface area contributed by atoms with E-state index in [1.807, 2.05) is 26.0 Å². The number of carbonyl (C=O) groups is 1. The lowest BCUT2D eigenvalue weighted by Crippen LogP contribution is -2.35. The molecule has 8 nitrogen and oxygen atoms in total. The van der Waals surface area contributed by atoms with Gasteiger partial charge in [0.2, 0.25) is 5.91 Å². The molecule has 0 unspecified atom stereocenters. The van der Waals surface area contributed by atoms with E-state index >= 15 is 8.78 Å². The molecule has 0 saturated carbocycles. The number of nitrogens with one attached hydrogen (secondary N) is 2. The Morgan fingerprint density at radius 2 is 1.77 bits per heavy atom. The maximum absolute atomic E-state index is 15.4. The number of rotatable bonds is 9. The summed E-state index contributed by atoms with van der Waals surface area (Å²) in [6, 6.07) is 7.28. The number of halogens is 6. The Kier molecular flexibility index (Phi) is 8.30. The molecule has 0 bridgehead atoms. The number of benzene rings is 1. The minimum Gasteiger partial charge on any atom is -0.346 e. The van der Waals surface area contributed by atoms with E-state index in [1.165, 1.54) is 20.0 Å². The number of aromatic amines is 1. The first-order valence-electron chi connectivity index (χ1n) is 15.1. The van der Waals surface area contributed by atoms with Gasteiger partial charge in [-0.3, -0.25) is 19.6 Å². The molecular formula is C33H31F6N7O. The van der Waals surface area contributed by atoms with Crippen molar-refractivity contribution in [3.63, 3.8) is 0 Å². The van der Waals surface area contributed by atoms with E-state index in [1.54, 1.807) is 12.3 Å². The molecule has 0 saturated heterocycles. The number of alkyl halides is 4. The number of nitrogens with zero attached hydrogens (tertiary/aromatic N) is 5. The molecule has 0 fully saturated rings. The van der Waals surface area contributed by atoms with E-state index in [0.717, 1.165) is 17.8 Å². The molecule has 5 aromatic rings. The van der Waals surface area contributed by atoms with Crippen LogP contribution in [0.1, 0.15) is 85.9 Å². The zero-order chi connectivity index (χ0) is 33.8. The van der Waals surface area contributed by atoms with E-state index < -0.39 is 65.7 Å². The number of hydrogen-bond donors (Lipinski definition) is 2.